The zero-order valence-electron chi connectivity index (χ0n) is 5.41. The maximum atomic E-state index is 10.1. The molecule has 0 bridgehead atoms. The number of aliphatic hydroxyl groups is 3. The molecule has 0 fully saturated rings. The fraction of sp³-hybridized carbons (Fsp3) is 1.00. The minimum Gasteiger partial charge on any atom is -0.391 e. The van der Waals surface area contributed by atoms with Crippen LogP contribution < -0.4 is 0 Å². The molecular weight excluding hydrogens is 179 g/mol. The van der Waals surface area contributed by atoms with Crippen molar-refractivity contribution in [1.29, 1.82) is 0 Å². The van der Waals surface area contributed by atoms with Gasteiger partial charge in [-0.2, -0.15) is 0 Å². The Morgan fingerprint density at radius 3 is 1.73 bits per heavy atom. The van der Waals surface area contributed by atoms with Gasteiger partial charge in [0.1, 0.15) is 0 Å². The Bertz CT molecular complexity index is 157. The number of hydrogen-bond acceptors (Lipinski definition) is 5. The molecule has 5 N–H and O–H groups in total. The Balaban J connectivity index is 4.20. The number of rotatable bonds is 4. The summed E-state index contributed by atoms with van der Waals surface area (Å²) in [5.41, 5.74) is 0. The van der Waals surface area contributed by atoms with Crippen molar-refractivity contribution in [2.75, 3.05) is 13.2 Å². The van der Waals surface area contributed by atoms with Crippen LogP contribution in [0.25, 0.3) is 0 Å². The van der Waals surface area contributed by atoms with Crippen molar-refractivity contribution in [3.63, 3.8) is 0 Å². The molecule has 0 saturated heterocycles. The number of phosphoric ester groups is 1. The Hall–Kier alpha value is -0.0100. The molecule has 0 atom stereocenters. The molecule has 0 aliphatic carbocycles. The van der Waals surface area contributed by atoms with E-state index in [1.165, 1.54) is 0 Å². The highest BCUT2D eigenvalue weighted by molar-refractivity contribution is 7.46. The second kappa shape index (κ2) is 3.59. The molecule has 0 aromatic rings. The normalized spacial score (nSPS) is 13.5. The first-order chi connectivity index (χ1) is 4.83. The second-order valence-corrected chi connectivity index (χ2v) is 3.01. The lowest BCUT2D eigenvalue weighted by atomic mass is 10.3. The molecule has 0 aromatic carbocycles. The lowest BCUT2D eigenvalue weighted by molar-refractivity contribution is -0.197. The molecule has 0 aliphatic heterocycles. The van der Waals surface area contributed by atoms with E-state index in [4.69, 9.17) is 25.1 Å². The average Bonchev–Trinajstić information content (AvgIpc) is 1.84. The van der Waals surface area contributed by atoms with Crippen molar-refractivity contribution in [3.8, 4) is 0 Å². The van der Waals surface area contributed by atoms with E-state index in [-0.39, 0.29) is 0 Å². The third-order valence-electron chi connectivity index (χ3n) is 0.783. The third-order valence-corrected chi connectivity index (χ3v) is 1.36. The lowest BCUT2D eigenvalue weighted by Crippen LogP contribution is -2.39. The first-order valence-corrected chi connectivity index (χ1v) is 4.06. The maximum Gasteiger partial charge on any atom is 0.472 e. The molecule has 8 heteroatoms. The monoisotopic (exact) mass is 188 g/mol. The summed E-state index contributed by atoms with van der Waals surface area (Å²) in [5.74, 6) is -2.58. The fourth-order valence-corrected chi connectivity index (χ4v) is 0.887. The predicted molar refractivity (Wildman–Crippen MR) is 32.3 cm³/mol. The average molecular weight is 188 g/mol. The van der Waals surface area contributed by atoms with Crippen molar-refractivity contribution < 1.29 is 34.2 Å². The molecule has 0 aromatic heterocycles. The molecular formula is C3H9O7P. The van der Waals surface area contributed by atoms with Crippen molar-refractivity contribution in [2.45, 2.75) is 5.79 Å². The second-order valence-electron chi connectivity index (χ2n) is 1.84. The number of hydrogen-bond donors (Lipinski definition) is 5. The van der Waals surface area contributed by atoms with E-state index in [9.17, 15) is 4.57 Å². The van der Waals surface area contributed by atoms with Gasteiger partial charge in [0, 0.05) is 0 Å². The summed E-state index contributed by atoms with van der Waals surface area (Å²) in [6, 6.07) is 0. The van der Waals surface area contributed by atoms with Crippen molar-refractivity contribution in [3.05, 3.63) is 0 Å². The Morgan fingerprint density at radius 2 is 1.64 bits per heavy atom. The van der Waals surface area contributed by atoms with E-state index < -0.39 is 26.8 Å². The Kier molecular flexibility index (Phi) is 3.59. The zero-order chi connectivity index (χ0) is 9.12. The van der Waals surface area contributed by atoms with Gasteiger partial charge >= 0.3 is 7.82 Å². The SMILES string of the molecule is O=P(O)(O)OC(O)(CO)CO. The van der Waals surface area contributed by atoms with E-state index in [0.29, 0.717) is 0 Å². The van der Waals surface area contributed by atoms with Crippen molar-refractivity contribution >= 4 is 7.82 Å². The molecule has 68 valence electrons. The van der Waals surface area contributed by atoms with Crippen molar-refractivity contribution in [1.82, 2.24) is 0 Å². The van der Waals surface area contributed by atoms with Crippen LogP contribution in [0.5, 0.6) is 0 Å². The highest BCUT2D eigenvalue weighted by Crippen LogP contribution is 2.40. The Morgan fingerprint density at radius 1 is 1.27 bits per heavy atom. The van der Waals surface area contributed by atoms with Gasteiger partial charge in [-0.15, -0.1) is 0 Å². The number of aliphatic hydroxyl groups excluding tert-OH is 2. The van der Waals surface area contributed by atoms with Gasteiger partial charge < -0.3 is 25.1 Å². The summed E-state index contributed by atoms with van der Waals surface area (Å²) < 4.78 is 13.7. The third kappa shape index (κ3) is 4.44. The van der Waals surface area contributed by atoms with Crippen LogP contribution in [0.2, 0.25) is 0 Å². The first-order valence-electron chi connectivity index (χ1n) is 2.53. The highest BCUT2D eigenvalue weighted by Gasteiger charge is 2.34. The van der Waals surface area contributed by atoms with Gasteiger partial charge in [-0.3, -0.25) is 0 Å². The van der Waals surface area contributed by atoms with Gasteiger partial charge in [0.15, 0.2) is 0 Å². The minimum atomic E-state index is -4.89. The number of phosphoric acid groups is 1. The van der Waals surface area contributed by atoms with E-state index in [1.54, 1.807) is 0 Å². The van der Waals surface area contributed by atoms with Crippen molar-refractivity contribution in [2.24, 2.45) is 0 Å². The van der Waals surface area contributed by atoms with Crippen LogP contribution in [0.1, 0.15) is 0 Å². The van der Waals surface area contributed by atoms with Crippen LogP contribution in [0, 0.1) is 0 Å². The largest absolute Gasteiger partial charge is 0.472 e. The smallest absolute Gasteiger partial charge is 0.391 e. The van der Waals surface area contributed by atoms with Gasteiger partial charge in [0.2, 0.25) is 5.79 Å². The highest BCUT2D eigenvalue weighted by atomic mass is 31.2. The van der Waals surface area contributed by atoms with E-state index >= 15 is 0 Å². The topological polar surface area (TPSA) is 127 Å². The van der Waals surface area contributed by atoms with Crippen LogP contribution >= 0.6 is 7.82 Å². The molecule has 0 unspecified atom stereocenters. The maximum absolute atomic E-state index is 10.1. The molecule has 7 nitrogen and oxygen atoms in total. The summed E-state index contributed by atoms with van der Waals surface area (Å²) in [5, 5.41) is 25.3. The van der Waals surface area contributed by atoms with E-state index in [2.05, 4.69) is 4.52 Å². The van der Waals surface area contributed by atoms with Gasteiger partial charge in [-0.05, 0) is 0 Å². The summed E-state index contributed by atoms with van der Waals surface area (Å²) in [6.45, 7) is -2.21. The summed E-state index contributed by atoms with van der Waals surface area (Å²) >= 11 is 0. The summed E-state index contributed by atoms with van der Waals surface area (Å²) in [4.78, 5) is 16.2. The molecule has 11 heavy (non-hydrogen) atoms. The quantitative estimate of drug-likeness (QED) is 0.249. The van der Waals surface area contributed by atoms with E-state index in [1.807, 2.05) is 0 Å². The predicted octanol–water partition coefficient (Wildman–Crippen LogP) is -2.23. The van der Waals surface area contributed by atoms with Gasteiger partial charge in [0.05, 0.1) is 13.2 Å². The van der Waals surface area contributed by atoms with Crippen LogP contribution in [-0.2, 0) is 9.09 Å². The zero-order valence-corrected chi connectivity index (χ0v) is 6.31. The molecule has 0 amide bonds. The lowest BCUT2D eigenvalue weighted by Gasteiger charge is -2.22. The fourth-order valence-electron chi connectivity index (χ4n) is 0.329. The van der Waals surface area contributed by atoms with E-state index in [0.717, 1.165) is 0 Å². The van der Waals surface area contributed by atoms with Gasteiger partial charge in [-0.25, -0.2) is 9.09 Å². The molecule has 0 heterocycles. The standard InChI is InChI=1S/C3H9O7P/c4-1-3(6,2-5)10-11(7,8)9/h4-6H,1-2H2,(H2,7,8,9). The molecule has 0 rings (SSSR count). The Labute approximate surface area is 62.1 Å². The van der Waals surface area contributed by atoms with Crippen LogP contribution in [0.4, 0.5) is 0 Å². The molecule has 0 radical (unpaired) electrons. The molecule has 0 spiro atoms. The van der Waals surface area contributed by atoms with Gasteiger partial charge in [0.25, 0.3) is 0 Å². The van der Waals surface area contributed by atoms with Crippen LogP contribution in [-0.4, -0.2) is 44.1 Å². The summed E-state index contributed by atoms with van der Waals surface area (Å²) in [6.07, 6.45) is 0. The molecule has 0 saturated carbocycles. The van der Waals surface area contributed by atoms with Crippen LogP contribution in [0.15, 0.2) is 0 Å². The first kappa shape index (κ1) is 11.0. The van der Waals surface area contributed by atoms with Gasteiger partial charge in [-0.1, -0.05) is 0 Å². The molecule has 0 aliphatic rings. The summed E-state index contributed by atoms with van der Waals surface area (Å²) in [7, 11) is -4.89. The van der Waals surface area contributed by atoms with Crippen LogP contribution in [0.3, 0.4) is 0 Å². The minimum absolute atomic E-state index is 1.10.